The number of aromatic nitrogens is 3. The van der Waals surface area contributed by atoms with Gasteiger partial charge in [-0.05, 0) is 24.3 Å². The summed E-state index contributed by atoms with van der Waals surface area (Å²) in [5.41, 5.74) is 6.52. The zero-order chi connectivity index (χ0) is 12.1. The Hall–Kier alpha value is -1.95. The van der Waals surface area contributed by atoms with E-state index in [0.717, 1.165) is 5.69 Å². The minimum atomic E-state index is -0.370. The minimum absolute atomic E-state index is 0.206. The fraction of sp³-hybridized carbons (Fsp3) is 0.0909. The summed E-state index contributed by atoms with van der Waals surface area (Å²) >= 11 is 1.26. The number of hydrogen-bond donors (Lipinski definition) is 1. The van der Waals surface area contributed by atoms with Gasteiger partial charge in [-0.25, -0.2) is 0 Å². The van der Waals surface area contributed by atoms with E-state index >= 15 is 0 Å². The van der Waals surface area contributed by atoms with Crippen LogP contribution in [0, 0.1) is 0 Å². The molecule has 0 aliphatic rings. The van der Waals surface area contributed by atoms with E-state index in [0.29, 0.717) is 10.7 Å². The molecule has 2 rings (SSSR count). The van der Waals surface area contributed by atoms with Gasteiger partial charge in [-0.1, -0.05) is 17.8 Å². The molecule has 2 aromatic heterocycles. The van der Waals surface area contributed by atoms with Crippen LogP contribution in [0.1, 0.15) is 0 Å². The first-order chi connectivity index (χ1) is 8.25. The van der Waals surface area contributed by atoms with E-state index in [2.05, 4.69) is 15.2 Å². The van der Waals surface area contributed by atoms with Gasteiger partial charge in [0.25, 0.3) is 0 Å². The number of rotatable bonds is 4. The van der Waals surface area contributed by atoms with Crippen molar-refractivity contribution in [2.45, 2.75) is 5.03 Å². The molecule has 2 N–H and O–H groups in total. The Morgan fingerprint density at radius 1 is 1.18 bits per heavy atom. The van der Waals surface area contributed by atoms with Crippen LogP contribution in [0.25, 0.3) is 11.4 Å². The van der Waals surface area contributed by atoms with Gasteiger partial charge in [-0.15, -0.1) is 10.2 Å². The molecule has 0 aliphatic heterocycles. The number of hydrogen-bond acceptors (Lipinski definition) is 5. The van der Waals surface area contributed by atoms with Gasteiger partial charge in [0.2, 0.25) is 5.91 Å². The summed E-state index contributed by atoms with van der Waals surface area (Å²) < 4.78 is 0. The van der Waals surface area contributed by atoms with Crippen LogP contribution in [0.2, 0.25) is 0 Å². The average Bonchev–Trinajstić information content (AvgIpc) is 2.38. The van der Waals surface area contributed by atoms with Crippen molar-refractivity contribution in [3.05, 3.63) is 36.5 Å². The number of amides is 1. The Morgan fingerprint density at radius 2 is 2.06 bits per heavy atom. The fourth-order valence-electron chi connectivity index (χ4n) is 1.19. The van der Waals surface area contributed by atoms with E-state index in [-0.39, 0.29) is 11.7 Å². The predicted molar refractivity (Wildman–Crippen MR) is 65.2 cm³/mol. The molecule has 0 spiro atoms. The Morgan fingerprint density at radius 3 is 2.65 bits per heavy atom. The number of nitrogens with zero attached hydrogens (tertiary/aromatic N) is 3. The molecule has 2 heterocycles. The normalized spacial score (nSPS) is 10.1. The Bertz CT molecular complexity index is 501. The highest BCUT2D eigenvalue weighted by Gasteiger charge is 2.03. The Labute approximate surface area is 102 Å². The van der Waals surface area contributed by atoms with Gasteiger partial charge in [0, 0.05) is 6.20 Å². The van der Waals surface area contributed by atoms with Gasteiger partial charge in [0.15, 0.2) is 0 Å². The van der Waals surface area contributed by atoms with Crippen LogP contribution in [0.5, 0.6) is 0 Å². The van der Waals surface area contributed by atoms with Crippen LogP contribution >= 0.6 is 11.8 Å². The van der Waals surface area contributed by atoms with Crippen molar-refractivity contribution in [3.63, 3.8) is 0 Å². The van der Waals surface area contributed by atoms with Crippen LogP contribution in [0.3, 0.4) is 0 Å². The Balaban J connectivity index is 2.11. The summed E-state index contributed by atoms with van der Waals surface area (Å²) in [6.45, 7) is 0. The maximum absolute atomic E-state index is 10.6. The van der Waals surface area contributed by atoms with Gasteiger partial charge in [-0.3, -0.25) is 9.78 Å². The topological polar surface area (TPSA) is 81.8 Å². The number of nitrogens with two attached hydrogens (primary N) is 1. The zero-order valence-corrected chi connectivity index (χ0v) is 9.72. The second kappa shape index (κ2) is 5.40. The van der Waals surface area contributed by atoms with E-state index in [9.17, 15) is 4.79 Å². The summed E-state index contributed by atoms with van der Waals surface area (Å²) in [6, 6.07) is 9.21. The van der Waals surface area contributed by atoms with E-state index in [1.807, 2.05) is 24.3 Å². The average molecular weight is 246 g/mol. The lowest BCUT2D eigenvalue weighted by molar-refractivity contribution is -0.115. The molecular formula is C11H10N4OS. The van der Waals surface area contributed by atoms with Crippen molar-refractivity contribution in [3.8, 4) is 11.4 Å². The molecule has 0 aliphatic carbocycles. The third-order valence-corrected chi connectivity index (χ3v) is 2.87. The van der Waals surface area contributed by atoms with Crippen LogP contribution in [0.4, 0.5) is 0 Å². The quantitative estimate of drug-likeness (QED) is 0.817. The van der Waals surface area contributed by atoms with E-state index in [1.165, 1.54) is 11.8 Å². The Kier molecular flexibility index (Phi) is 3.66. The van der Waals surface area contributed by atoms with Crippen LogP contribution < -0.4 is 5.73 Å². The van der Waals surface area contributed by atoms with Gasteiger partial charge in [-0.2, -0.15) is 0 Å². The summed E-state index contributed by atoms with van der Waals surface area (Å²) in [5.74, 6) is -0.164. The smallest absolute Gasteiger partial charge is 0.227 e. The second-order valence-electron chi connectivity index (χ2n) is 3.23. The predicted octanol–water partition coefficient (Wildman–Crippen LogP) is 1.12. The van der Waals surface area contributed by atoms with Crippen molar-refractivity contribution in [1.82, 2.24) is 15.2 Å². The molecule has 86 valence electrons. The minimum Gasteiger partial charge on any atom is -0.369 e. The van der Waals surface area contributed by atoms with Crippen molar-refractivity contribution in [1.29, 1.82) is 0 Å². The third-order valence-electron chi connectivity index (χ3n) is 1.93. The van der Waals surface area contributed by atoms with Crippen molar-refractivity contribution in [2.24, 2.45) is 5.73 Å². The van der Waals surface area contributed by atoms with Gasteiger partial charge >= 0.3 is 0 Å². The number of carbonyl (C=O) groups excluding carboxylic acids is 1. The van der Waals surface area contributed by atoms with Crippen LogP contribution in [0.15, 0.2) is 41.6 Å². The lowest BCUT2D eigenvalue weighted by Gasteiger charge is -2.00. The fourth-order valence-corrected chi connectivity index (χ4v) is 1.75. The highest BCUT2D eigenvalue weighted by molar-refractivity contribution is 7.99. The second-order valence-corrected chi connectivity index (χ2v) is 4.22. The number of primary amides is 1. The van der Waals surface area contributed by atoms with Gasteiger partial charge in [0.05, 0.1) is 11.4 Å². The highest BCUT2D eigenvalue weighted by atomic mass is 32.2. The summed E-state index contributed by atoms with van der Waals surface area (Å²) in [4.78, 5) is 14.8. The van der Waals surface area contributed by atoms with Crippen molar-refractivity contribution in [2.75, 3.05) is 5.75 Å². The SMILES string of the molecule is NC(=O)CSc1ccc(-c2ccccn2)nn1. The van der Waals surface area contributed by atoms with Gasteiger partial charge < -0.3 is 5.73 Å². The lowest BCUT2D eigenvalue weighted by atomic mass is 10.2. The summed E-state index contributed by atoms with van der Waals surface area (Å²) in [7, 11) is 0. The van der Waals surface area contributed by atoms with Crippen LogP contribution in [-0.4, -0.2) is 26.8 Å². The molecule has 0 radical (unpaired) electrons. The van der Waals surface area contributed by atoms with E-state index in [4.69, 9.17) is 5.73 Å². The molecule has 0 unspecified atom stereocenters. The standard InChI is InChI=1S/C11H10N4OS/c12-10(16)7-17-11-5-4-9(14-15-11)8-3-1-2-6-13-8/h1-6H,7H2,(H2,12,16). The molecule has 0 fully saturated rings. The molecule has 0 aromatic carbocycles. The molecule has 17 heavy (non-hydrogen) atoms. The monoisotopic (exact) mass is 246 g/mol. The lowest BCUT2D eigenvalue weighted by Crippen LogP contribution is -2.13. The third kappa shape index (κ3) is 3.25. The van der Waals surface area contributed by atoms with E-state index in [1.54, 1.807) is 12.3 Å². The molecule has 5 nitrogen and oxygen atoms in total. The summed E-state index contributed by atoms with van der Waals surface area (Å²) in [5, 5.41) is 8.70. The molecule has 0 bridgehead atoms. The number of pyridine rings is 1. The molecule has 6 heteroatoms. The van der Waals surface area contributed by atoms with Crippen molar-refractivity contribution >= 4 is 17.7 Å². The highest BCUT2D eigenvalue weighted by Crippen LogP contribution is 2.17. The molecule has 2 aromatic rings. The molecular weight excluding hydrogens is 236 g/mol. The van der Waals surface area contributed by atoms with Gasteiger partial charge in [0.1, 0.15) is 10.7 Å². The molecule has 0 saturated heterocycles. The first-order valence-corrected chi connectivity index (χ1v) is 5.90. The molecule has 1 amide bonds. The maximum Gasteiger partial charge on any atom is 0.227 e. The largest absolute Gasteiger partial charge is 0.369 e. The van der Waals surface area contributed by atoms with E-state index < -0.39 is 0 Å². The van der Waals surface area contributed by atoms with Crippen molar-refractivity contribution < 1.29 is 4.79 Å². The number of thioether (sulfide) groups is 1. The first kappa shape index (κ1) is 11.5. The van der Waals surface area contributed by atoms with Crippen LogP contribution in [-0.2, 0) is 4.79 Å². The molecule has 0 atom stereocenters. The first-order valence-electron chi connectivity index (χ1n) is 4.92. The molecule has 0 saturated carbocycles. The zero-order valence-electron chi connectivity index (χ0n) is 8.91. The summed E-state index contributed by atoms with van der Waals surface area (Å²) in [6.07, 6.45) is 1.70. The maximum atomic E-state index is 10.6. The number of carbonyl (C=O) groups is 1.